The summed E-state index contributed by atoms with van der Waals surface area (Å²) in [5.74, 6) is 0.950. The predicted molar refractivity (Wildman–Crippen MR) is 115 cm³/mol. The van der Waals surface area contributed by atoms with E-state index in [1.54, 1.807) is 38.3 Å². The molecule has 0 aliphatic carbocycles. The molecule has 0 saturated carbocycles. The molecule has 1 amide bonds. The van der Waals surface area contributed by atoms with Crippen molar-refractivity contribution in [2.75, 3.05) is 13.7 Å². The van der Waals surface area contributed by atoms with Crippen LogP contribution in [-0.4, -0.2) is 25.3 Å². The van der Waals surface area contributed by atoms with Gasteiger partial charge in [0, 0.05) is 5.56 Å². The number of hydrazone groups is 1. The second kappa shape index (κ2) is 9.89. The van der Waals surface area contributed by atoms with Gasteiger partial charge in [0.25, 0.3) is 5.91 Å². The van der Waals surface area contributed by atoms with Crippen LogP contribution in [0.15, 0.2) is 77.9 Å². The van der Waals surface area contributed by atoms with E-state index in [1.807, 2.05) is 48.5 Å². The van der Waals surface area contributed by atoms with Crippen LogP contribution in [0.1, 0.15) is 18.1 Å². The molecule has 0 unspecified atom stereocenters. The van der Waals surface area contributed by atoms with Crippen LogP contribution in [0.3, 0.4) is 0 Å². The fourth-order valence-electron chi connectivity index (χ4n) is 2.72. The van der Waals surface area contributed by atoms with Crippen LogP contribution in [0.5, 0.6) is 11.5 Å². The van der Waals surface area contributed by atoms with Gasteiger partial charge in [0.05, 0.1) is 24.5 Å². The van der Waals surface area contributed by atoms with E-state index in [1.165, 1.54) is 0 Å². The molecule has 3 aromatic rings. The summed E-state index contributed by atoms with van der Waals surface area (Å²) < 4.78 is 10.7. The molecular weight excluding hydrogens is 378 g/mol. The number of carbonyl (C=O) groups is 1. The van der Waals surface area contributed by atoms with Crippen LogP contribution >= 0.6 is 0 Å². The minimum absolute atomic E-state index is 0.148. The van der Waals surface area contributed by atoms with Gasteiger partial charge in [0.15, 0.2) is 6.61 Å². The maximum absolute atomic E-state index is 12.0. The monoisotopic (exact) mass is 399 g/mol. The topological polar surface area (TPSA) is 83.7 Å². The lowest BCUT2D eigenvalue weighted by molar-refractivity contribution is -0.123. The Hall–Kier alpha value is -4.11. The number of hydrogen-bond donors (Lipinski definition) is 1. The van der Waals surface area contributed by atoms with Crippen molar-refractivity contribution in [3.05, 3.63) is 83.9 Å². The quantitative estimate of drug-likeness (QED) is 0.478. The number of carbonyl (C=O) groups excluding carboxylic acids is 1. The lowest BCUT2D eigenvalue weighted by atomic mass is 10.0. The highest BCUT2D eigenvalue weighted by Crippen LogP contribution is 2.22. The molecule has 0 heterocycles. The summed E-state index contributed by atoms with van der Waals surface area (Å²) in [6.07, 6.45) is 0. The summed E-state index contributed by atoms with van der Waals surface area (Å²) in [4.78, 5) is 12.0. The fourth-order valence-corrected chi connectivity index (χ4v) is 2.72. The summed E-state index contributed by atoms with van der Waals surface area (Å²) >= 11 is 0. The third-order valence-corrected chi connectivity index (χ3v) is 4.41. The fraction of sp³-hybridized carbons (Fsp3) is 0.125. The van der Waals surface area contributed by atoms with E-state index in [-0.39, 0.29) is 12.5 Å². The molecule has 3 aromatic carbocycles. The van der Waals surface area contributed by atoms with E-state index in [0.29, 0.717) is 17.0 Å². The highest BCUT2D eigenvalue weighted by Gasteiger charge is 2.05. The average Bonchev–Trinajstić information content (AvgIpc) is 2.81. The molecule has 0 aliphatic rings. The van der Waals surface area contributed by atoms with Crippen molar-refractivity contribution in [1.29, 1.82) is 5.26 Å². The number of ether oxygens (including phenoxy) is 2. The van der Waals surface area contributed by atoms with E-state index < -0.39 is 0 Å². The number of methoxy groups -OCH3 is 1. The Balaban J connectivity index is 1.53. The Bertz CT molecular complexity index is 1080. The first kappa shape index (κ1) is 20.6. The Morgan fingerprint density at radius 2 is 1.67 bits per heavy atom. The first-order valence-corrected chi connectivity index (χ1v) is 9.30. The molecule has 3 rings (SSSR count). The molecule has 6 nitrogen and oxygen atoms in total. The number of nitrogens with one attached hydrogen (secondary N) is 1. The zero-order valence-electron chi connectivity index (χ0n) is 16.8. The van der Waals surface area contributed by atoms with Crippen LogP contribution in [0.4, 0.5) is 0 Å². The second-order valence-electron chi connectivity index (χ2n) is 6.47. The molecule has 0 atom stereocenters. The molecule has 0 aromatic heterocycles. The molecule has 0 spiro atoms. The molecule has 0 radical (unpaired) electrons. The molecule has 30 heavy (non-hydrogen) atoms. The van der Waals surface area contributed by atoms with Gasteiger partial charge < -0.3 is 9.47 Å². The van der Waals surface area contributed by atoms with Crippen LogP contribution in [0, 0.1) is 11.3 Å². The van der Waals surface area contributed by atoms with Gasteiger partial charge in [-0.1, -0.05) is 36.4 Å². The largest absolute Gasteiger partial charge is 0.497 e. The zero-order chi connectivity index (χ0) is 21.3. The summed E-state index contributed by atoms with van der Waals surface area (Å²) in [6, 6.07) is 24.3. The molecule has 150 valence electrons. The SMILES string of the molecule is COc1cccc(/C(C)=N/NC(=O)COc2ccc(-c3ccc(C#N)cc3)cc2)c1. The normalized spacial score (nSPS) is 10.8. The van der Waals surface area contributed by atoms with Gasteiger partial charge >= 0.3 is 0 Å². The molecule has 6 heteroatoms. The minimum Gasteiger partial charge on any atom is -0.497 e. The molecule has 0 fully saturated rings. The third-order valence-electron chi connectivity index (χ3n) is 4.41. The van der Waals surface area contributed by atoms with Crippen molar-refractivity contribution in [2.45, 2.75) is 6.92 Å². The van der Waals surface area contributed by atoms with Gasteiger partial charge in [-0.15, -0.1) is 0 Å². The zero-order valence-corrected chi connectivity index (χ0v) is 16.8. The molecular formula is C24H21N3O3. The van der Waals surface area contributed by atoms with Gasteiger partial charge in [0.2, 0.25) is 0 Å². The summed E-state index contributed by atoms with van der Waals surface area (Å²) in [5, 5.41) is 13.0. The maximum atomic E-state index is 12.0. The lowest BCUT2D eigenvalue weighted by Crippen LogP contribution is -2.25. The van der Waals surface area contributed by atoms with Gasteiger partial charge in [0.1, 0.15) is 11.5 Å². The Morgan fingerprint density at radius 3 is 2.30 bits per heavy atom. The van der Waals surface area contributed by atoms with E-state index in [0.717, 1.165) is 22.4 Å². The van der Waals surface area contributed by atoms with Gasteiger partial charge in [-0.25, -0.2) is 5.43 Å². The smallest absolute Gasteiger partial charge is 0.277 e. The minimum atomic E-state index is -0.353. The first-order valence-electron chi connectivity index (χ1n) is 9.30. The summed E-state index contributed by atoms with van der Waals surface area (Å²) in [7, 11) is 1.60. The van der Waals surface area contributed by atoms with Crippen LogP contribution < -0.4 is 14.9 Å². The van der Waals surface area contributed by atoms with Crippen molar-refractivity contribution >= 4 is 11.6 Å². The van der Waals surface area contributed by atoms with Crippen molar-refractivity contribution < 1.29 is 14.3 Å². The van der Waals surface area contributed by atoms with E-state index in [4.69, 9.17) is 14.7 Å². The highest BCUT2D eigenvalue weighted by atomic mass is 16.5. The highest BCUT2D eigenvalue weighted by molar-refractivity contribution is 5.99. The first-order chi connectivity index (χ1) is 14.6. The van der Waals surface area contributed by atoms with Gasteiger partial charge in [-0.05, 0) is 54.4 Å². The van der Waals surface area contributed by atoms with E-state index in [9.17, 15) is 4.79 Å². The second-order valence-corrected chi connectivity index (χ2v) is 6.47. The molecule has 0 saturated heterocycles. The van der Waals surface area contributed by atoms with Crippen molar-refractivity contribution in [1.82, 2.24) is 5.43 Å². The Kier molecular flexibility index (Phi) is 6.80. The molecule has 0 bridgehead atoms. The van der Waals surface area contributed by atoms with Gasteiger partial charge in [-0.2, -0.15) is 10.4 Å². The van der Waals surface area contributed by atoms with E-state index in [2.05, 4.69) is 16.6 Å². The number of nitriles is 1. The Labute approximate surface area is 175 Å². The Morgan fingerprint density at radius 1 is 1.00 bits per heavy atom. The standard InChI is InChI=1S/C24H21N3O3/c1-17(21-4-3-5-23(14-21)29-2)26-27-24(28)16-30-22-12-10-20(11-13-22)19-8-6-18(15-25)7-9-19/h3-14H,16H2,1-2H3,(H,27,28)/b26-17+. The average molecular weight is 399 g/mol. The van der Waals surface area contributed by atoms with Crippen LogP contribution in [0.25, 0.3) is 11.1 Å². The number of nitrogens with zero attached hydrogens (tertiary/aromatic N) is 2. The van der Waals surface area contributed by atoms with Crippen molar-refractivity contribution in [2.24, 2.45) is 5.10 Å². The van der Waals surface area contributed by atoms with E-state index >= 15 is 0 Å². The maximum Gasteiger partial charge on any atom is 0.277 e. The molecule has 1 N–H and O–H groups in total. The third kappa shape index (κ3) is 5.46. The lowest BCUT2D eigenvalue weighted by Gasteiger charge is -2.08. The van der Waals surface area contributed by atoms with Crippen molar-refractivity contribution in [3.8, 4) is 28.7 Å². The van der Waals surface area contributed by atoms with Crippen LogP contribution in [0.2, 0.25) is 0 Å². The number of amides is 1. The molecule has 0 aliphatic heterocycles. The van der Waals surface area contributed by atoms with Crippen LogP contribution in [-0.2, 0) is 4.79 Å². The summed E-state index contributed by atoms with van der Waals surface area (Å²) in [6.45, 7) is 1.66. The summed E-state index contributed by atoms with van der Waals surface area (Å²) in [5.41, 5.74) is 6.63. The predicted octanol–water partition coefficient (Wildman–Crippen LogP) is 4.15. The number of rotatable bonds is 7. The van der Waals surface area contributed by atoms with Crippen molar-refractivity contribution in [3.63, 3.8) is 0 Å². The van der Waals surface area contributed by atoms with Gasteiger partial charge in [-0.3, -0.25) is 4.79 Å². The number of benzene rings is 3. The number of hydrogen-bond acceptors (Lipinski definition) is 5.